The number of benzene rings is 1. The summed E-state index contributed by atoms with van der Waals surface area (Å²) in [5.41, 5.74) is 1.19. The maximum Gasteiger partial charge on any atom is 0.166 e. The number of hydrogen-bond acceptors (Lipinski definition) is 6. The molecule has 27 heavy (non-hydrogen) atoms. The van der Waals surface area contributed by atoms with E-state index in [9.17, 15) is 9.50 Å². The van der Waals surface area contributed by atoms with Gasteiger partial charge in [-0.05, 0) is 56.0 Å². The molecular formula is C19H19ClFN5O. The number of hydrogen-bond donors (Lipinski definition) is 3. The number of anilines is 3. The molecule has 1 aliphatic carbocycles. The van der Waals surface area contributed by atoms with Crippen molar-refractivity contribution < 1.29 is 9.50 Å². The van der Waals surface area contributed by atoms with Crippen LogP contribution in [0.5, 0.6) is 0 Å². The van der Waals surface area contributed by atoms with Gasteiger partial charge in [-0.3, -0.25) is 0 Å². The molecule has 1 fully saturated rings. The summed E-state index contributed by atoms with van der Waals surface area (Å²) >= 11 is 5.84. The standard InChI is InChI=1S/C19H19ClFN5O/c20-15-9-12(3-7-16(15)21)25-18-14-6-8-17(26-19(14)23-10-22-18)24-11-1-4-13(27)5-2-11/h3,6-11,13,27H,1-2,4-5H2,(H2,22,23,24,25,26). The number of rotatable bonds is 4. The Bertz CT molecular complexity index is 962. The third-order valence-electron chi connectivity index (χ3n) is 4.73. The van der Waals surface area contributed by atoms with Crippen molar-refractivity contribution >= 4 is 40.0 Å². The lowest BCUT2D eigenvalue weighted by molar-refractivity contribution is 0.126. The van der Waals surface area contributed by atoms with Crippen LogP contribution < -0.4 is 10.6 Å². The summed E-state index contributed by atoms with van der Waals surface area (Å²) in [4.78, 5) is 13.1. The molecule has 3 aromatic rings. The molecule has 140 valence electrons. The Hall–Kier alpha value is -2.51. The predicted molar refractivity (Wildman–Crippen MR) is 104 cm³/mol. The minimum Gasteiger partial charge on any atom is -0.393 e. The number of nitrogens with one attached hydrogen (secondary N) is 2. The van der Waals surface area contributed by atoms with Crippen molar-refractivity contribution in [3.05, 3.63) is 47.5 Å². The van der Waals surface area contributed by atoms with Crippen LogP contribution in [0.2, 0.25) is 5.02 Å². The van der Waals surface area contributed by atoms with E-state index in [4.69, 9.17) is 11.6 Å². The molecule has 0 spiro atoms. The van der Waals surface area contributed by atoms with Gasteiger partial charge in [-0.25, -0.2) is 19.3 Å². The van der Waals surface area contributed by atoms with Crippen molar-refractivity contribution in [2.75, 3.05) is 10.6 Å². The van der Waals surface area contributed by atoms with Crippen LogP contribution in [0, 0.1) is 5.82 Å². The van der Waals surface area contributed by atoms with Gasteiger partial charge in [-0.2, -0.15) is 0 Å². The van der Waals surface area contributed by atoms with Crippen LogP contribution in [0.15, 0.2) is 36.7 Å². The SMILES string of the molecule is OC1CCC(Nc2ccc3c(Nc4ccc(F)c(Cl)c4)ncnc3n2)CC1. The molecule has 6 nitrogen and oxygen atoms in total. The van der Waals surface area contributed by atoms with Crippen molar-refractivity contribution in [1.82, 2.24) is 15.0 Å². The lowest BCUT2D eigenvalue weighted by atomic mass is 9.93. The summed E-state index contributed by atoms with van der Waals surface area (Å²) < 4.78 is 13.3. The third-order valence-corrected chi connectivity index (χ3v) is 5.02. The van der Waals surface area contributed by atoms with Gasteiger partial charge in [0.05, 0.1) is 16.5 Å². The lowest BCUT2D eigenvalue weighted by Crippen LogP contribution is -2.28. The molecule has 0 unspecified atom stereocenters. The van der Waals surface area contributed by atoms with E-state index in [1.807, 2.05) is 12.1 Å². The van der Waals surface area contributed by atoms with Crippen LogP contribution in [-0.2, 0) is 0 Å². The van der Waals surface area contributed by atoms with Gasteiger partial charge in [0, 0.05) is 11.7 Å². The molecule has 0 radical (unpaired) electrons. The zero-order valence-corrected chi connectivity index (χ0v) is 15.2. The number of aromatic nitrogens is 3. The summed E-state index contributed by atoms with van der Waals surface area (Å²) in [6, 6.07) is 8.49. The molecule has 2 heterocycles. The number of nitrogens with zero attached hydrogens (tertiary/aromatic N) is 3. The molecular weight excluding hydrogens is 369 g/mol. The second kappa shape index (κ2) is 7.62. The molecule has 8 heteroatoms. The van der Waals surface area contributed by atoms with Gasteiger partial charge in [0.2, 0.25) is 0 Å². The van der Waals surface area contributed by atoms with Crippen molar-refractivity contribution in [2.45, 2.75) is 37.8 Å². The Morgan fingerprint density at radius 1 is 1.07 bits per heavy atom. The average molecular weight is 388 g/mol. The summed E-state index contributed by atoms with van der Waals surface area (Å²) in [7, 11) is 0. The fourth-order valence-electron chi connectivity index (χ4n) is 3.26. The quantitative estimate of drug-likeness (QED) is 0.620. The Balaban J connectivity index is 1.55. The largest absolute Gasteiger partial charge is 0.393 e. The summed E-state index contributed by atoms with van der Waals surface area (Å²) in [6.45, 7) is 0. The van der Waals surface area contributed by atoms with E-state index >= 15 is 0 Å². The van der Waals surface area contributed by atoms with E-state index in [1.54, 1.807) is 6.07 Å². The molecule has 1 aliphatic rings. The van der Waals surface area contributed by atoms with Crippen LogP contribution in [0.25, 0.3) is 11.0 Å². The summed E-state index contributed by atoms with van der Waals surface area (Å²) in [6.07, 6.45) is 4.70. The average Bonchev–Trinajstić information content (AvgIpc) is 2.67. The van der Waals surface area contributed by atoms with Crippen LogP contribution in [0.3, 0.4) is 0 Å². The predicted octanol–water partition coefficient (Wildman–Crippen LogP) is 4.28. The molecule has 1 saturated carbocycles. The molecule has 0 aliphatic heterocycles. The maximum absolute atomic E-state index is 13.3. The second-order valence-corrected chi connectivity index (χ2v) is 7.10. The smallest absolute Gasteiger partial charge is 0.166 e. The van der Waals surface area contributed by atoms with E-state index in [2.05, 4.69) is 25.6 Å². The van der Waals surface area contributed by atoms with Crippen molar-refractivity contribution in [3.63, 3.8) is 0 Å². The van der Waals surface area contributed by atoms with Crippen LogP contribution in [-0.4, -0.2) is 32.2 Å². The molecule has 0 amide bonds. The number of pyridine rings is 1. The fraction of sp³-hybridized carbons (Fsp3) is 0.316. The van der Waals surface area contributed by atoms with Gasteiger partial charge < -0.3 is 15.7 Å². The number of aliphatic hydroxyl groups excluding tert-OH is 1. The first-order valence-electron chi connectivity index (χ1n) is 8.87. The second-order valence-electron chi connectivity index (χ2n) is 6.69. The highest BCUT2D eigenvalue weighted by Gasteiger charge is 2.19. The van der Waals surface area contributed by atoms with E-state index in [0.29, 0.717) is 23.2 Å². The molecule has 0 saturated heterocycles. The highest BCUT2D eigenvalue weighted by molar-refractivity contribution is 6.31. The van der Waals surface area contributed by atoms with E-state index in [-0.39, 0.29) is 11.1 Å². The van der Waals surface area contributed by atoms with Gasteiger partial charge in [0.25, 0.3) is 0 Å². The Morgan fingerprint density at radius 3 is 2.67 bits per heavy atom. The van der Waals surface area contributed by atoms with Crippen LogP contribution in [0.1, 0.15) is 25.7 Å². The van der Waals surface area contributed by atoms with Crippen LogP contribution in [0.4, 0.5) is 21.7 Å². The monoisotopic (exact) mass is 387 g/mol. The number of halogens is 2. The van der Waals surface area contributed by atoms with Gasteiger partial charge in [-0.15, -0.1) is 0 Å². The first-order chi connectivity index (χ1) is 13.1. The van der Waals surface area contributed by atoms with E-state index in [0.717, 1.165) is 36.9 Å². The van der Waals surface area contributed by atoms with Crippen LogP contribution >= 0.6 is 11.6 Å². The first kappa shape index (κ1) is 17.9. The van der Waals surface area contributed by atoms with Crippen molar-refractivity contribution in [1.29, 1.82) is 0 Å². The molecule has 2 aromatic heterocycles. The fourth-order valence-corrected chi connectivity index (χ4v) is 3.44. The lowest BCUT2D eigenvalue weighted by Gasteiger charge is -2.26. The summed E-state index contributed by atoms with van der Waals surface area (Å²) in [5.74, 6) is 0.850. The maximum atomic E-state index is 13.3. The highest BCUT2D eigenvalue weighted by atomic mass is 35.5. The minimum atomic E-state index is -0.470. The zero-order valence-electron chi connectivity index (χ0n) is 14.5. The minimum absolute atomic E-state index is 0.0422. The van der Waals surface area contributed by atoms with E-state index < -0.39 is 5.82 Å². The van der Waals surface area contributed by atoms with Crippen molar-refractivity contribution in [3.8, 4) is 0 Å². The topological polar surface area (TPSA) is 83.0 Å². The highest BCUT2D eigenvalue weighted by Crippen LogP contribution is 2.27. The normalized spacial score (nSPS) is 19.8. The number of fused-ring (bicyclic) bond motifs is 1. The van der Waals surface area contributed by atoms with Gasteiger partial charge in [-0.1, -0.05) is 11.6 Å². The Morgan fingerprint density at radius 2 is 1.89 bits per heavy atom. The molecule has 0 bridgehead atoms. The van der Waals surface area contributed by atoms with Gasteiger partial charge >= 0.3 is 0 Å². The Kier molecular flexibility index (Phi) is 5.05. The van der Waals surface area contributed by atoms with Gasteiger partial charge in [0.15, 0.2) is 5.65 Å². The van der Waals surface area contributed by atoms with Gasteiger partial charge in [0.1, 0.15) is 23.8 Å². The summed E-state index contributed by atoms with van der Waals surface area (Å²) in [5, 5.41) is 17.0. The zero-order chi connectivity index (χ0) is 18.8. The molecule has 1 aromatic carbocycles. The first-order valence-corrected chi connectivity index (χ1v) is 9.25. The van der Waals surface area contributed by atoms with E-state index in [1.165, 1.54) is 18.5 Å². The number of aliphatic hydroxyl groups is 1. The third kappa shape index (κ3) is 4.09. The molecule has 3 N–H and O–H groups in total. The Labute approximate surface area is 160 Å². The molecule has 4 rings (SSSR count). The molecule has 0 atom stereocenters. The van der Waals surface area contributed by atoms with Crippen molar-refractivity contribution in [2.24, 2.45) is 0 Å².